The summed E-state index contributed by atoms with van der Waals surface area (Å²) in [4.78, 5) is 33.8. The van der Waals surface area contributed by atoms with Gasteiger partial charge in [-0.3, -0.25) is 14.5 Å². The van der Waals surface area contributed by atoms with Crippen molar-refractivity contribution in [2.24, 2.45) is 0 Å². The molecule has 0 bridgehead atoms. The topological polar surface area (TPSA) is 77.7 Å². The molecule has 0 unspecified atom stereocenters. The Morgan fingerprint density at radius 2 is 1.97 bits per heavy atom. The van der Waals surface area contributed by atoms with E-state index in [2.05, 4.69) is 31.1 Å². The van der Waals surface area contributed by atoms with E-state index < -0.39 is 0 Å². The van der Waals surface area contributed by atoms with Crippen LogP contribution < -0.4 is 5.32 Å². The number of aryl methyl sites for hydroxylation is 1. The zero-order valence-corrected chi connectivity index (χ0v) is 19.8. The summed E-state index contributed by atoms with van der Waals surface area (Å²) in [7, 11) is 0. The molecule has 1 saturated heterocycles. The van der Waals surface area contributed by atoms with Crippen molar-refractivity contribution in [3.05, 3.63) is 50.8 Å². The Morgan fingerprint density at radius 1 is 1.16 bits per heavy atom. The zero-order chi connectivity index (χ0) is 22.2. The fraction of sp³-hybridized carbons (Fsp3) is 0.417. The molecule has 1 aromatic heterocycles. The number of fused-ring (bicyclic) bond motifs is 2. The molecule has 0 saturated carbocycles. The smallest absolute Gasteiger partial charge is 0.256 e. The van der Waals surface area contributed by atoms with Crippen molar-refractivity contribution in [3.63, 3.8) is 0 Å². The second kappa shape index (κ2) is 8.84. The van der Waals surface area contributed by atoms with Gasteiger partial charge in [-0.05, 0) is 49.6 Å². The quantitative estimate of drug-likeness (QED) is 0.634. The summed E-state index contributed by atoms with van der Waals surface area (Å²) in [6.45, 7) is 7.72. The van der Waals surface area contributed by atoms with Crippen LogP contribution in [-0.4, -0.2) is 72.5 Å². The van der Waals surface area contributed by atoms with E-state index in [-0.39, 0.29) is 11.8 Å². The highest BCUT2D eigenvalue weighted by Crippen LogP contribution is 2.36. The lowest BCUT2D eigenvalue weighted by atomic mass is 10.0. The first kappa shape index (κ1) is 21.4. The average Bonchev–Trinajstić information content (AvgIpc) is 3.20. The van der Waals surface area contributed by atoms with Gasteiger partial charge in [0.05, 0.1) is 24.4 Å². The number of ether oxygens (including phenoxy) is 1. The van der Waals surface area contributed by atoms with Crippen LogP contribution in [0.1, 0.15) is 39.3 Å². The van der Waals surface area contributed by atoms with Gasteiger partial charge in [0.1, 0.15) is 0 Å². The van der Waals surface area contributed by atoms with Gasteiger partial charge >= 0.3 is 0 Å². The molecule has 8 heteroatoms. The Kier molecular flexibility index (Phi) is 5.92. The molecule has 4 heterocycles. The van der Waals surface area contributed by atoms with E-state index in [1.165, 1.54) is 0 Å². The summed E-state index contributed by atoms with van der Waals surface area (Å²) in [6, 6.07) is 5.75. The summed E-state index contributed by atoms with van der Waals surface area (Å²) < 4.78 is 6.35. The lowest BCUT2D eigenvalue weighted by Crippen LogP contribution is -2.43. The number of aromatic nitrogens is 1. The summed E-state index contributed by atoms with van der Waals surface area (Å²) in [5, 5.41) is 2.92. The number of morpholine rings is 1. The summed E-state index contributed by atoms with van der Waals surface area (Å²) in [5.74, 6) is -0.0380. The maximum atomic E-state index is 13.4. The Labute approximate surface area is 195 Å². The lowest BCUT2D eigenvalue weighted by Gasteiger charge is -2.29. The Bertz CT molecular complexity index is 1100. The number of hydrogen-bond acceptors (Lipinski definition) is 4. The van der Waals surface area contributed by atoms with Crippen LogP contribution in [0.3, 0.4) is 0 Å². The Morgan fingerprint density at radius 3 is 2.78 bits per heavy atom. The van der Waals surface area contributed by atoms with Crippen LogP contribution in [0.4, 0.5) is 5.69 Å². The van der Waals surface area contributed by atoms with E-state index in [1.54, 1.807) is 0 Å². The first-order valence-electron chi connectivity index (χ1n) is 11.1. The number of anilines is 1. The molecule has 1 fully saturated rings. The van der Waals surface area contributed by atoms with Crippen LogP contribution in [0.5, 0.6) is 0 Å². The number of hydrogen-bond donors (Lipinski definition) is 2. The summed E-state index contributed by atoms with van der Waals surface area (Å²) in [6.07, 6.45) is 3.63. The van der Waals surface area contributed by atoms with Crippen molar-refractivity contribution in [1.29, 1.82) is 0 Å². The molecule has 5 rings (SSSR count). The fourth-order valence-corrected chi connectivity index (χ4v) is 5.12. The highest BCUT2D eigenvalue weighted by atomic mass is 79.9. The molecule has 1 aromatic carbocycles. The van der Waals surface area contributed by atoms with Crippen LogP contribution in [-0.2, 0) is 16.0 Å². The second-order valence-corrected chi connectivity index (χ2v) is 9.48. The maximum Gasteiger partial charge on any atom is 0.256 e. The van der Waals surface area contributed by atoms with E-state index >= 15 is 0 Å². The minimum Gasteiger partial charge on any atom is -0.379 e. The van der Waals surface area contributed by atoms with Crippen molar-refractivity contribution < 1.29 is 14.3 Å². The average molecular weight is 499 g/mol. The first-order valence-corrected chi connectivity index (χ1v) is 11.9. The first-order chi connectivity index (χ1) is 15.5. The highest BCUT2D eigenvalue weighted by Gasteiger charge is 2.29. The molecule has 2 N–H and O–H groups in total. The monoisotopic (exact) mass is 498 g/mol. The maximum absolute atomic E-state index is 13.4. The van der Waals surface area contributed by atoms with Gasteiger partial charge in [-0.1, -0.05) is 15.9 Å². The third kappa shape index (κ3) is 4.02. The molecule has 0 atom stereocenters. The second-order valence-electron chi connectivity index (χ2n) is 8.57. The molecule has 0 aliphatic carbocycles. The number of aromatic amines is 1. The number of nitrogens with one attached hydrogen (secondary N) is 2. The number of amides is 2. The van der Waals surface area contributed by atoms with Crippen LogP contribution >= 0.6 is 15.9 Å². The number of H-pyrrole nitrogens is 1. The van der Waals surface area contributed by atoms with Gasteiger partial charge in [-0.2, -0.15) is 0 Å². The molecule has 3 aliphatic rings. The van der Waals surface area contributed by atoms with Crippen molar-refractivity contribution in [3.8, 4) is 0 Å². The third-order valence-corrected chi connectivity index (χ3v) is 7.06. The van der Waals surface area contributed by atoms with Crippen molar-refractivity contribution >= 4 is 45.1 Å². The van der Waals surface area contributed by atoms with E-state index in [0.717, 1.165) is 97.0 Å². The van der Waals surface area contributed by atoms with Crippen LogP contribution in [0, 0.1) is 6.92 Å². The molecular formula is C24H27BrN4O3. The predicted octanol–water partition coefficient (Wildman–Crippen LogP) is 3.30. The highest BCUT2D eigenvalue weighted by molar-refractivity contribution is 9.10. The minimum atomic E-state index is -0.124. The van der Waals surface area contributed by atoms with Crippen molar-refractivity contribution in [1.82, 2.24) is 14.8 Å². The van der Waals surface area contributed by atoms with E-state index in [4.69, 9.17) is 4.74 Å². The van der Waals surface area contributed by atoms with Gasteiger partial charge in [0, 0.05) is 59.8 Å². The fourth-order valence-electron chi connectivity index (χ4n) is 4.76. The molecule has 2 amide bonds. The molecular weight excluding hydrogens is 472 g/mol. The van der Waals surface area contributed by atoms with Gasteiger partial charge in [0.2, 0.25) is 0 Å². The van der Waals surface area contributed by atoms with E-state index in [9.17, 15) is 9.59 Å². The SMILES string of the molecule is Cc1c(C=C2C(=O)Nc3ccc(Br)cc32)[nH]c2c1C(=O)N(CCN1CCOCC1)CCC2. The number of benzene rings is 1. The third-order valence-electron chi connectivity index (χ3n) is 6.57. The lowest BCUT2D eigenvalue weighted by molar-refractivity contribution is -0.110. The minimum absolute atomic E-state index is 0.0863. The van der Waals surface area contributed by atoms with Crippen LogP contribution in [0.15, 0.2) is 22.7 Å². The van der Waals surface area contributed by atoms with Gasteiger partial charge in [-0.25, -0.2) is 0 Å². The molecule has 168 valence electrons. The zero-order valence-electron chi connectivity index (χ0n) is 18.2. The normalized spacial score (nSPS) is 20.3. The molecule has 0 radical (unpaired) electrons. The molecule has 0 spiro atoms. The van der Waals surface area contributed by atoms with Gasteiger partial charge < -0.3 is 19.9 Å². The molecule has 7 nitrogen and oxygen atoms in total. The summed E-state index contributed by atoms with van der Waals surface area (Å²) in [5.41, 5.74) is 5.76. The largest absolute Gasteiger partial charge is 0.379 e. The van der Waals surface area contributed by atoms with Crippen molar-refractivity contribution in [2.45, 2.75) is 19.8 Å². The summed E-state index contributed by atoms with van der Waals surface area (Å²) >= 11 is 3.49. The molecule has 32 heavy (non-hydrogen) atoms. The van der Waals surface area contributed by atoms with Gasteiger partial charge in [0.15, 0.2) is 0 Å². The number of rotatable bonds is 4. The van der Waals surface area contributed by atoms with Gasteiger partial charge in [0.25, 0.3) is 11.8 Å². The Balaban J connectivity index is 1.41. The van der Waals surface area contributed by atoms with Gasteiger partial charge in [-0.15, -0.1) is 0 Å². The number of nitrogens with zero attached hydrogens (tertiary/aromatic N) is 2. The number of carbonyl (C=O) groups is 2. The van der Waals surface area contributed by atoms with Crippen LogP contribution in [0.25, 0.3) is 11.6 Å². The number of halogens is 1. The molecule has 2 aromatic rings. The standard InChI is InChI=1S/C24H27BrN4O3/c1-15-21(14-18-17-13-16(25)4-5-19(17)27-23(18)30)26-20-3-2-6-29(24(31)22(15)20)8-7-28-9-11-32-12-10-28/h4-5,13-14,26H,2-3,6-12H2,1H3,(H,27,30). The molecule has 3 aliphatic heterocycles. The van der Waals surface area contributed by atoms with Crippen LogP contribution in [0.2, 0.25) is 0 Å². The van der Waals surface area contributed by atoms with Crippen molar-refractivity contribution in [2.75, 3.05) is 51.3 Å². The predicted molar refractivity (Wildman–Crippen MR) is 128 cm³/mol. The van der Waals surface area contributed by atoms with E-state index in [1.807, 2.05) is 36.1 Å². The Hall–Kier alpha value is -2.42. The number of carbonyl (C=O) groups excluding carboxylic acids is 2. The van der Waals surface area contributed by atoms with E-state index in [0.29, 0.717) is 5.57 Å².